The molecule has 3 aromatic rings. The summed E-state index contributed by atoms with van der Waals surface area (Å²) in [6.07, 6.45) is 5.19. The Hall–Kier alpha value is -2.21. The van der Waals surface area contributed by atoms with E-state index >= 15 is 0 Å². The molecule has 26 heavy (non-hydrogen) atoms. The number of aromatic nitrogens is 2. The molecule has 0 radical (unpaired) electrons. The lowest BCUT2D eigenvalue weighted by Crippen LogP contribution is -2.40. The van der Waals surface area contributed by atoms with Crippen LogP contribution in [0.15, 0.2) is 36.7 Å². The number of H-pyrrole nitrogens is 1. The van der Waals surface area contributed by atoms with Crippen LogP contribution >= 0.6 is 11.6 Å². The Kier molecular flexibility index (Phi) is 3.64. The van der Waals surface area contributed by atoms with Crippen LogP contribution in [-0.4, -0.2) is 28.8 Å². The third-order valence-electron chi connectivity index (χ3n) is 5.51. The number of nitrogens with zero attached hydrogens (tertiary/aromatic N) is 1. The van der Waals surface area contributed by atoms with Gasteiger partial charge in [0, 0.05) is 45.0 Å². The highest BCUT2D eigenvalue weighted by molar-refractivity contribution is 6.31. The van der Waals surface area contributed by atoms with Gasteiger partial charge in [0.2, 0.25) is 0 Å². The fourth-order valence-corrected chi connectivity index (χ4v) is 4.42. The second-order valence-corrected chi connectivity index (χ2v) is 7.37. The summed E-state index contributed by atoms with van der Waals surface area (Å²) in [5.41, 5.74) is 3.69. The molecule has 1 aromatic carbocycles. The summed E-state index contributed by atoms with van der Waals surface area (Å²) in [5.74, 6) is 0.000583. The van der Waals surface area contributed by atoms with E-state index in [4.69, 9.17) is 16.3 Å². The molecule has 0 atom stereocenters. The van der Waals surface area contributed by atoms with E-state index < -0.39 is 5.60 Å². The van der Waals surface area contributed by atoms with Gasteiger partial charge in [0.15, 0.2) is 5.78 Å². The minimum absolute atomic E-state index is 0.000583. The van der Waals surface area contributed by atoms with Crippen LogP contribution in [0.5, 0.6) is 0 Å². The molecule has 5 rings (SSSR count). The van der Waals surface area contributed by atoms with Crippen LogP contribution in [0.1, 0.15) is 40.0 Å². The molecule has 0 unspecified atom stereocenters. The lowest BCUT2D eigenvalue weighted by atomic mass is 9.81. The first-order valence-electron chi connectivity index (χ1n) is 8.82. The van der Waals surface area contributed by atoms with Crippen molar-refractivity contribution in [3.63, 3.8) is 0 Å². The average Bonchev–Trinajstić information content (AvgIpc) is 3.24. The highest BCUT2D eigenvalue weighted by atomic mass is 35.5. The molecule has 2 N–H and O–H groups in total. The van der Waals surface area contributed by atoms with Gasteiger partial charge in [0.1, 0.15) is 0 Å². The molecule has 0 saturated carbocycles. The zero-order valence-corrected chi connectivity index (χ0v) is 14.9. The monoisotopic (exact) mass is 367 g/mol. The summed E-state index contributed by atoms with van der Waals surface area (Å²) in [6, 6.07) is 7.36. The van der Waals surface area contributed by atoms with Crippen LogP contribution in [0.3, 0.4) is 0 Å². The minimum Gasteiger partial charge on any atom is -0.364 e. The van der Waals surface area contributed by atoms with E-state index in [1.54, 1.807) is 12.4 Å². The molecule has 5 nitrogen and oxygen atoms in total. The van der Waals surface area contributed by atoms with Gasteiger partial charge in [-0.05, 0) is 44.1 Å². The zero-order chi connectivity index (χ0) is 17.7. The molecule has 2 aliphatic rings. The fraction of sp³-hybridized carbons (Fsp3) is 0.300. The Bertz CT molecular complexity index is 1020. The molecule has 0 aliphatic carbocycles. The number of carbonyl (C=O) groups is 1. The lowest BCUT2D eigenvalue weighted by Gasteiger charge is -2.34. The van der Waals surface area contributed by atoms with E-state index in [1.165, 1.54) is 0 Å². The molecule has 0 amide bonds. The van der Waals surface area contributed by atoms with Crippen molar-refractivity contribution in [3.8, 4) is 0 Å². The Morgan fingerprint density at radius 3 is 2.88 bits per heavy atom. The normalized spacial score (nSPS) is 18.3. The van der Waals surface area contributed by atoms with Crippen molar-refractivity contribution in [2.24, 2.45) is 0 Å². The first kappa shape index (κ1) is 16.0. The molecular weight excluding hydrogens is 350 g/mol. The Morgan fingerprint density at radius 1 is 1.19 bits per heavy atom. The van der Waals surface area contributed by atoms with Gasteiger partial charge in [0.25, 0.3) is 0 Å². The predicted octanol–water partition coefficient (Wildman–Crippen LogP) is 3.56. The maximum atomic E-state index is 13.4. The molecule has 1 saturated heterocycles. The molecule has 4 heterocycles. The van der Waals surface area contributed by atoms with Gasteiger partial charge in [-0.3, -0.25) is 9.78 Å². The van der Waals surface area contributed by atoms with E-state index in [0.717, 1.165) is 48.1 Å². The highest BCUT2D eigenvalue weighted by Gasteiger charge is 2.44. The smallest absolute Gasteiger partial charge is 0.195 e. The number of benzene rings is 1. The van der Waals surface area contributed by atoms with Gasteiger partial charge in [-0.2, -0.15) is 0 Å². The van der Waals surface area contributed by atoms with Gasteiger partial charge in [0.05, 0.1) is 17.9 Å². The molecule has 2 aromatic heterocycles. The number of aromatic amines is 1. The molecule has 0 bridgehead atoms. The number of nitrogens with one attached hydrogen (secondary N) is 2. The summed E-state index contributed by atoms with van der Waals surface area (Å²) >= 11 is 6.06. The highest BCUT2D eigenvalue weighted by Crippen LogP contribution is 2.44. The van der Waals surface area contributed by atoms with Crippen LogP contribution in [0.2, 0.25) is 5.02 Å². The molecule has 132 valence electrons. The van der Waals surface area contributed by atoms with Crippen molar-refractivity contribution in [2.45, 2.75) is 25.0 Å². The largest absolute Gasteiger partial charge is 0.364 e. The van der Waals surface area contributed by atoms with Crippen molar-refractivity contribution in [1.29, 1.82) is 0 Å². The Morgan fingerprint density at radius 2 is 2.04 bits per heavy atom. The number of hydrogen-bond acceptors (Lipinski definition) is 4. The number of rotatable bonds is 2. The second kappa shape index (κ2) is 5.91. The quantitative estimate of drug-likeness (QED) is 0.680. The maximum Gasteiger partial charge on any atom is 0.195 e. The number of fused-ring (bicyclic) bond motifs is 3. The third-order valence-corrected chi connectivity index (χ3v) is 5.75. The number of ether oxygens (including phenoxy) is 1. The molecular formula is C20H18ClN3O2. The molecule has 1 spiro atoms. The summed E-state index contributed by atoms with van der Waals surface area (Å²) < 4.78 is 6.18. The van der Waals surface area contributed by atoms with Gasteiger partial charge in [-0.25, -0.2) is 0 Å². The van der Waals surface area contributed by atoms with Crippen molar-refractivity contribution in [2.75, 3.05) is 13.1 Å². The molecule has 2 aliphatic heterocycles. The van der Waals surface area contributed by atoms with Crippen LogP contribution < -0.4 is 5.32 Å². The summed E-state index contributed by atoms with van der Waals surface area (Å²) in [6.45, 7) is 2.24. The summed E-state index contributed by atoms with van der Waals surface area (Å²) in [7, 11) is 0. The number of pyridine rings is 1. The van der Waals surface area contributed by atoms with Crippen molar-refractivity contribution in [3.05, 3.63) is 64.1 Å². The van der Waals surface area contributed by atoms with Crippen molar-refractivity contribution in [1.82, 2.24) is 15.3 Å². The third kappa shape index (κ3) is 2.31. The number of ketones is 1. The topological polar surface area (TPSA) is 67.0 Å². The SMILES string of the molecule is O=C(c1ccnc2c1C1(CCNCC1)OC2)c1c[nH]c2cc(Cl)ccc12. The van der Waals surface area contributed by atoms with E-state index in [0.29, 0.717) is 22.8 Å². The first-order chi connectivity index (χ1) is 12.7. The van der Waals surface area contributed by atoms with Crippen molar-refractivity contribution >= 4 is 28.3 Å². The van der Waals surface area contributed by atoms with E-state index in [2.05, 4.69) is 15.3 Å². The summed E-state index contributed by atoms with van der Waals surface area (Å²) in [4.78, 5) is 21.1. The van der Waals surface area contributed by atoms with E-state index in [9.17, 15) is 4.79 Å². The predicted molar refractivity (Wildman–Crippen MR) is 99.5 cm³/mol. The standard InChI is InChI=1S/C20H18ClN3O2/c21-12-1-2-13-15(10-24-16(13)9-12)19(25)14-3-6-23-17-11-26-20(18(14)17)4-7-22-8-5-20/h1-3,6,9-10,22,24H,4-5,7-8,11H2. The van der Waals surface area contributed by atoms with Crippen LogP contribution in [0, 0.1) is 0 Å². The Labute approximate surface area is 155 Å². The lowest BCUT2D eigenvalue weighted by molar-refractivity contribution is -0.0595. The maximum absolute atomic E-state index is 13.4. The van der Waals surface area contributed by atoms with Crippen molar-refractivity contribution < 1.29 is 9.53 Å². The second-order valence-electron chi connectivity index (χ2n) is 6.93. The number of piperidine rings is 1. The van der Waals surface area contributed by atoms with Gasteiger partial charge in [-0.1, -0.05) is 17.7 Å². The van der Waals surface area contributed by atoms with Crippen LogP contribution in [-0.2, 0) is 16.9 Å². The number of hydrogen-bond donors (Lipinski definition) is 2. The van der Waals surface area contributed by atoms with Gasteiger partial charge in [-0.15, -0.1) is 0 Å². The fourth-order valence-electron chi connectivity index (χ4n) is 4.25. The minimum atomic E-state index is -0.394. The molecule has 6 heteroatoms. The van der Waals surface area contributed by atoms with Crippen LogP contribution in [0.25, 0.3) is 10.9 Å². The Balaban J connectivity index is 1.65. The van der Waals surface area contributed by atoms with Crippen LogP contribution in [0.4, 0.5) is 0 Å². The number of carbonyl (C=O) groups excluding carboxylic acids is 1. The average molecular weight is 368 g/mol. The van der Waals surface area contributed by atoms with E-state index in [1.807, 2.05) is 24.3 Å². The summed E-state index contributed by atoms with van der Waals surface area (Å²) in [5, 5.41) is 4.89. The van der Waals surface area contributed by atoms with Gasteiger partial charge >= 0.3 is 0 Å². The zero-order valence-electron chi connectivity index (χ0n) is 14.1. The van der Waals surface area contributed by atoms with Gasteiger partial charge < -0.3 is 15.0 Å². The first-order valence-corrected chi connectivity index (χ1v) is 9.20. The number of halogens is 1. The molecule has 1 fully saturated rings. The van der Waals surface area contributed by atoms with E-state index in [-0.39, 0.29) is 5.78 Å².